The van der Waals surface area contributed by atoms with Gasteiger partial charge in [0.15, 0.2) is 0 Å². The van der Waals surface area contributed by atoms with Crippen LogP contribution in [0.3, 0.4) is 0 Å². The molecule has 0 bridgehead atoms. The highest BCUT2D eigenvalue weighted by molar-refractivity contribution is 5.99. The maximum atomic E-state index is 7.27. The predicted octanol–water partition coefficient (Wildman–Crippen LogP) is 0.773. The Bertz CT molecular complexity index is 381. The van der Waals surface area contributed by atoms with Gasteiger partial charge in [0.1, 0.15) is 12.5 Å². The topological polar surface area (TPSA) is 74.3 Å². The fourth-order valence-corrected chi connectivity index (χ4v) is 1.27. The molecule has 1 aromatic rings. The molecule has 1 aliphatic heterocycles. The number of nitrogens with one attached hydrogen (secondary N) is 2. The van der Waals surface area contributed by atoms with E-state index in [-0.39, 0.29) is 5.84 Å². The van der Waals surface area contributed by atoms with E-state index in [1.54, 1.807) is 6.21 Å². The van der Waals surface area contributed by atoms with E-state index < -0.39 is 0 Å². The molecule has 2 rings (SSSR count). The van der Waals surface area contributed by atoms with Crippen molar-refractivity contribution in [2.45, 2.75) is 0 Å². The number of nitrogens with zero attached hydrogens (tertiary/aromatic N) is 1. The molecule has 0 amide bonds. The van der Waals surface area contributed by atoms with Crippen LogP contribution in [0, 0.1) is 5.41 Å². The van der Waals surface area contributed by atoms with Gasteiger partial charge < -0.3 is 11.1 Å². The number of rotatable bonds is 1. The third-order valence-corrected chi connectivity index (χ3v) is 1.95. The van der Waals surface area contributed by atoms with Gasteiger partial charge in [-0.05, 0) is 18.2 Å². The van der Waals surface area contributed by atoms with Gasteiger partial charge in [0.05, 0.1) is 0 Å². The number of hydrogen-bond donors (Lipinski definition) is 3. The molecule has 0 saturated carbocycles. The summed E-state index contributed by atoms with van der Waals surface area (Å²) in [6, 6.07) is 5.60. The van der Waals surface area contributed by atoms with E-state index >= 15 is 0 Å². The molecule has 13 heavy (non-hydrogen) atoms. The number of anilines is 1. The van der Waals surface area contributed by atoms with E-state index in [0.717, 1.165) is 16.8 Å². The smallest absolute Gasteiger partial charge is 0.122 e. The highest BCUT2D eigenvalue weighted by Crippen LogP contribution is 2.17. The van der Waals surface area contributed by atoms with Crippen molar-refractivity contribution < 1.29 is 0 Å². The quantitative estimate of drug-likeness (QED) is 0.434. The van der Waals surface area contributed by atoms with Crippen LogP contribution < -0.4 is 11.1 Å². The standard InChI is InChI=1S/C9H10N4/c10-9(11)6-1-2-8-7(3-6)4-12-5-13-8/h1-4,13H,5H2,(H3,10,11). The zero-order chi connectivity index (χ0) is 9.26. The first kappa shape index (κ1) is 7.79. The van der Waals surface area contributed by atoms with Crippen molar-refractivity contribution in [1.82, 2.24) is 0 Å². The van der Waals surface area contributed by atoms with Crippen molar-refractivity contribution >= 4 is 17.7 Å². The van der Waals surface area contributed by atoms with Crippen molar-refractivity contribution in [3.8, 4) is 0 Å². The lowest BCUT2D eigenvalue weighted by Gasteiger charge is -2.12. The van der Waals surface area contributed by atoms with Gasteiger partial charge in [-0.25, -0.2) is 0 Å². The second kappa shape index (κ2) is 2.90. The Kier molecular flexibility index (Phi) is 1.73. The zero-order valence-electron chi connectivity index (χ0n) is 7.04. The summed E-state index contributed by atoms with van der Waals surface area (Å²) < 4.78 is 0. The van der Waals surface area contributed by atoms with Gasteiger partial charge in [-0.15, -0.1) is 0 Å². The molecule has 0 unspecified atom stereocenters. The monoisotopic (exact) mass is 174 g/mol. The molecular weight excluding hydrogens is 164 g/mol. The Labute approximate surface area is 76.0 Å². The van der Waals surface area contributed by atoms with Gasteiger partial charge in [0, 0.05) is 23.0 Å². The van der Waals surface area contributed by atoms with Crippen LogP contribution in [0.15, 0.2) is 23.2 Å². The van der Waals surface area contributed by atoms with Crippen molar-refractivity contribution in [2.75, 3.05) is 12.0 Å². The lowest BCUT2D eigenvalue weighted by Crippen LogP contribution is -2.13. The fraction of sp³-hybridized carbons (Fsp3) is 0.111. The summed E-state index contributed by atoms with van der Waals surface area (Å²) in [6.07, 6.45) is 1.79. The molecule has 0 aromatic heterocycles. The van der Waals surface area contributed by atoms with E-state index in [2.05, 4.69) is 10.3 Å². The van der Waals surface area contributed by atoms with Crippen molar-refractivity contribution in [3.63, 3.8) is 0 Å². The first-order valence-electron chi connectivity index (χ1n) is 3.99. The first-order valence-corrected chi connectivity index (χ1v) is 3.99. The third-order valence-electron chi connectivity index (χ3n) is 1.95. The van der Waals surface area contributed by atoms with Crippen LogP contribution in [0.25, 0.3) is 0 Å². The molecule has 0 spiro atoms. The van der Waals surface area contributed by atoms with Crippen LogP contribution in [0.1, 0.15) is 11.1 Å². The molecule has 1 aromatic carbocycles. The molecule has 0 atom stereocenters. The molecule has 66 valence electrons. The van der Waals surface area contributed by atoms with Crippen LogP contribution in [-0.2, 0) is 0 Å². The number of aliphatic imine (C=N–C) groups is 1. The van der Waals surface area contributed by atoms with Gasteiger partial charge in [0.2, 0.25) is 0 Å². The fourth-order valence-electron chi connectivity index (χ4n) is 1.27. The Morgan fingerprint density at radius 3 is 3.15 bits per heavy atom. The second-order valence-electron chi connectivity index (χ2n) is 2.86. The molecule has 4 heteroatoms. The maximum Gasteiger partial charge on any atom is 0.122 e. The molecule has 0 radical (unpaired) electrons. The van der Waals surface area contributed by atoms with Crippen LogP contribution in [0.5, 0.6) is 0 Å². The minimum Gasteiger partial charge on any atom is -0.384 e. The average Bonchev–Trinajstić information content (AvgIpc) is 2.17. The molecule has 0 aliphatic carbocycles. The zero-order valence-corrected chi connectivity index (χ0v) is 7.04. The van der Waals surface area contributed by atoms with E-state index in [0.29, 0.717) is 6.67 Å². The van der Waals surface area contributed by atoms with Crippen molar-refractivity contribution in [1.29, 1.82) is 5.41 Å². The predicted molar refractivity (Wildman–Crippen MR) is 53.5 cm³/mol. The number of nitrogen functional groups attached to an aromatic ring is 1. The summed E-state index contributed by atoms with van der Waals surface area (Å²) in [5, 5.41) is 10.4. The molecule has 4 N–H and O–H groups in total. The van der Waals surface area contributed by atoms with E-state index in [1.807, 2.05) is 18.2 Å². The van der Waals surface area contributed by atoms with Crippen LogP contribution in [-0.4, -0.2) is 18.7 Å². The number of benzene rings is 1. The largest absolute Gasteiger partial charge is 0.384 e. The Hall–Kier alpha value is -1.84. The third kappa shape index (κ3) is 1.38. The number of amidine groups is 1. The van der Waals surface area contributed by atoms with Gasteiger partial charge >= 0.3 is 0 Å². The minimum absolute atomic E-state index is 0.0850. The molecule has 4 nitrogen and oxygen atoms in total. The summed E-state index contributed by atoms with van der Waals surface area (Å²) >= 11 is 0. The van der Waals surface area contributed by atoms with Crippen LogP contribution in [0.2, 0.25) is 0 Å². The lowest BCUT2D eigenvalue weighted by atomic mass is 10.1. The average molecular weight is 174 g/mol. The molecule has 1 heterocycles. The number of nitrogens with two attached hydrogens (primary N) is 1. The SMILES string of the molecule is N=C(N)c1ccc2c(c1)C=NCN2. The Balaban J connectivity index is 2.48. The van der Waals surface area contributed by atoms with Crippen molar-refractivity contribution in [2.24, 2.45) is 10.7 Å². The maximum absolute atomic E-state index is 7.27. The van der Waals surface area contributed by atoms with Crippen LogP contribution >= 0.6 is 0 Å². The molecule has 1 aliphatic rings. The minimum atomic E-state index is 0.0850. The number of fused-ring (bicyclic) bond motifs is 1. The number of hydrogen-bond acceptors (Lipinski definition) is 3. The van der Waals surface area contributed by atoms with Crippen molar-refractivity contribution in [3.05, 3.63) is 29.3 Å². The highest BCUT2D eigenvalue weighted by Gasteiger charge is 2.05. The summed E-state index contributed by atoms with van der Waals surface area (Å²) in [6.45, 7) is 0.617. The van der Waals surface area contributed by atoms with E-state index in [1.165, 1.54) is 0 Å². The summed E-state index contributed by atoms with van der Waals surface area (Å²) in [7, 11) is 0. The normalized spacial score (nSPS) is 13.2. The molecule has 0 fully saturated rings. The first-order chi connectivity index (χ1) is 6.27. The summed E-state index contributed by atoms with van der Waals surface area (Å²) in [4.78, 5) is 4.07. The molecule has 0 saturated heterocycles. The highest BCUT2D eigenvalue weighted by atomic mass is 15.0. The Morgan fingerprint density at radius 2 is 2.38 bits per heavy atom. The van der Waals surface area contributed by atoms with Crippen LogP contribution in [0.4, 0.5) is 5.69 Å². The van der Waals surface area contributed by atoms with Gasteiger partial charge in [-0.3, -0.25) is 10.4 Å². The Morgan fingerprint density at radius 1 is 1.54 bits per heavy atom. The second-order valence-corrected chi connectivity index (χ2v) is 2.86. The van der Waals surface area contributed by atoms with E-state index in [9.17, 15) is 0 Å². The van der Waals surface area contributed by atoms with Gasteiger partial charge in [0.25, 0.3) is 0 Å². The summed E-state index contributed by atoms with van der Waals surface area (Å²) in [5.41, 5.74) is 8.12. The van der Waals surface area contributed by atoms with Gasteiger partial charge in [-0.2, -0.15) is 0 Å². The molecular formula is C9H10N4. The summed E-state index contributed by atoms with van der Waals surface area (Å²) in [5.74, 6) is 0.0850. The lowest BCUT2D eigenvalue weighted by molar-refractivity contribution is 1.13. The van der Waals surface area contributed by atoms with E-state index in [4.69, 9.17) is 11.1 Å². The van der Waals surface area contributed by atoms with Gasteiger partial charge in [-0.1, -0.05) is 0 Å².